The predicted molar refractivity (Wildman–Crippen MR) is 76.5 cm³/mol. The lowest BCUT2D eigenvalue weighted by molar-refractivity contribution is 0.0961. The Hall–Kier alpha value is -1.45. The zero-order valence-corrected chi connectivity index (χ0v) is 12.1. The van der Waals surface area contributed by atoms with Crippen molar-refractivity contribution in [3.63, 3.8) is 0 Å². The quantitative estimate of drug-likeness (QED) is 0.905. The van der Waals surface area contributed by atoms with Gasteiger partial charge in [-0.3, -0.25) is 0 Å². The molecule has 4 heteroatoms. The van der Waals surface area contributed by atoms with Gasteiger partial charge in [0.15, 0.2) is 0 Å². The van der Waals surface area contributed by atoms with Gasteiger partial charge in [-0.25, -0.2) is 0 Å². The van der Waals surface area contributed by atoms with Crippen molar-refractivity contribution >= 4 is 5.69 Å². The zero-order valence-electron chi connectivity index (χ0n) is 12.1. The number of aromatic nitrogens is 1. The molecule has 106 valence electrons. The van der Waals surface area contributed by atoms with Crippen molar-refractivity contribution in [2.45, 2.75) is 58.7 Å². The summed E-state index contributed by atoms with van der Waals surface area (Å²) in [7, 11) is 0. The first-order valence-corrected chi connectivity index (χ1v) is 7.16. The molecule has 1 fully saturated rings. The third-order valence-corrected chi connectivity index (χ3v) is 3.52. The van der Waals surface area contributed by atoms with Gasteiger partial charge in [0.25, 0.3) is 0 Å². The largest absolute Gasteiger partial charge is 0.474 e. The number of rotatable bonds is 4. The molecule has 1 aromatic rings. The second-order valence-corrected chi connectivity index (χ2v) is 5.63. The average molecular weight is 264 g/mol. The van der Waals surface area contributed by atoms with Gasteiger partial charge in [-0.15, -0.1) is 0 Å². The number of nitrogens with zero attached hydrogens (tertiary/aromatic N) is 1. The highest BCUT2D eigenvalue weighted by Gasteiger charge is 2.23. The van der Waals surface area contributed by atoms with Crippen LogP contribution in [0.25, 0.3) is 0 Å². The van der Waals surface area contributed by atoms with Crippen LogP contribution in [0.4, 0.5) is 5.69 Å². The molecule has 0 aromatic carbocycles. The van der Waals surface area contributed by atoms with E-state index in [0.717, 1.165) is 6.42 Å². The van der Waals surface area contributed by atoms with E-state index in [1.54, 1.807) is 6.07 Å². The van der Waals surface area contributed by atoms with E-state index in [4.69, 9.17) is 15.2 Å². The maximum absolute atomic E-state index is 6.00. The molecule has 0 bridgehead atoms. The first-order valence-electron chi connectivity index (χ1n) is 7.16. The van der Waals surface area contributed by atoms with Crippen molar-refractivity contribution in [1.29, 1.82) is 0 Å². The Balaban J connectivity index is 2.07. The van der Waals surface area contributed by atoms with Crippen molar-refractivity contribution in [3.8, 4) is 11.8 Å². The van der Waals surface area contributed by atoms with Gasteiger partial charge in [0, 0.05) is 6.07 Å². The Morgan fingerprint density at radius 1 is 1.26 bits per heavy atom. The summed E-state index contributed by atoms with van der Waals surface area (Å²) in [6.07, 6.45) is 5.19. The normalized spacial score (nSPS) is 23.4. The lowest BCUT2D eigenvalue weighted by Gasteiger charge is -2.29. The van der Waals surface area contributed by atoms with Gasteiger partial charge in [0.2, 0.25) is 11.8 Å². The van der Waals surface area contributed by atoms with Crippen LogP contribution < -0.4 is 15.2 Å². The van der Waals surface area contributed by atoms with E-state index < -0.39 is 0 Å². The van der Waals surface area contributed by atoms with Gasteiger partial charge in [0.1, 0.15) is 6.10 Å². The third-order valence-electron chi connectivity index (χ3n) is 3.52. The molecule has 0 spiro atoms. The van der Waals surface area contributed by atoms with Crippen LogP contribution in [0.15, 0.2) is 12.1 Å². The van der Waals surface area contributed by atoms with E-state index in [9.17, 15) is 0 Å². The van der Waals surface area contributed by atoms with Crippen molar-refractivity contribution in [2.24, 2.45) is 5.92 Å². The fourth-order valence-corrected chi connectivity index (χ4v) is 2.43. The summed E-state index contributed by atoms with van der Waals surface area (Å²) < 4.78 is 11.6. The van der Waals surface area contributed by atoms with Crippen LogP contribution in [-0.4, -0.2) is 17.2 Å². The smallest absolute Gasteiger partial charge is 0.240 e. The van der Waals surface area contributed by atoms with E-state index >= 15 is 0 Å². The molecule has 2 N–H and O–H groups in total. The van der Waals surface area contributed by atoms with Gasteiger partial charge in [-0.05, 0) is 45.1 Å². The van der Waals surface area contributed by atoms with Crippen molar-refractivity contribution < 1.29 is 9.47 Å². The Morgan fingerprint density at radius 2 is 2.00 bits per heavy atom. The van der Waals surface area contributed by atoms with Crippen LogP contribution in [0, 0.1) is 5.92 Å². The molecule has 0 radical (unpaired) electrons. The highest BCUT2D eigenvalue weighted by molar-refractivity contribution is 5.49. The molecule has 2 unspecified atom stereocenters. The van der Waals surface area contributed by atoms with Crippen LogP contribution in [0.2, 0.25) is 0 Å². The third kappa shape index (κ3) is 3.75. The summed E-state index contributed by atoms with van der Waals surface area (Å²) in [6, 6.07) is 3.62. The van der Waals surface area contributed by atoms with Gasteiger partial charge in [-0.2, -0.15) is 4.98 Å². The van der Waals surface area contributed by atoms with Crippen LogP contribution in [-0.2, 0) is 0 Å². The first kappa shape index (κ1) is 14.0. The second kappa shape index (κ2) is 6.13. The van der Waals surface area contributed by atoms with Gasteiger partial charge < -0.3 is 15.2 Å². The molecular formula is C15H24N2O2. The minimum Gasteiger partial charge on any atom is -0.474 e. The number of ether oxygens (including phenoxy) is 2. The molecule has 1 heterocycles. The molecule has 0 saturated heterocycles. The second-order valence-electron chi connectivity index (χ2n) is 5.63. The Bertz CT molecular complexity index is 421. The maximum atomic E-state index is 6.00. The van der Waals surface area contributed by atoms with Crippen LogP contribution in [0.1, 0.15) is 46.5 Å². The average Bonchev–Trinajstić information content (AvgIpc) is 2.35. The summed E-state index contributed by atoms with van der Waals surface area (Å²) in [5.74, 6) is 1.67. The monoisotopic (exact) mass is 264 g/mol. The van der Waals surface area contributed by atoms with Crippen LogP contribution in [0.3, 0.4) is 0 Å². The number of hydrogen-bond acceptors (Lipinski definition) is 4. The number of nitrogen functional groups attached to an aromatic ring is 1. The molecule has 19 heavy (non-hydrogen) atoms. The number of anilines is 1. The van der Waals surface area contributed by atoms with E-state index in [2.05, 4.69) is 11.9 Å². The van der Waals surface area contributed by atoms with Crippen molar-refractivity contribution in [2.75, 3.05) is 5.73 Å². The maximum Gasteiger partial charge on any atom is 0.240 e. The lowest BCUT2D eigenvalue weighted by atomic mass is 9.88. The zero-order chi connectivity index (χ0) is 13.8. The fraction of sp³-hybridized carbons (Fsp3) is 0.667. The molecule has 0 aliphatic heterocycles. The molecule has 1 aliphatic carbocycles. The first-order chi connectivity index (χ1) is 9.06. The van der Waals surface area contributed by atoms with Crippen molar-refractivity contribution in [1.82, 2.24) is 4.98 Å². The number of pyridine rings is 1. The highest BCUT2D eigenvalue weighted by Crippen LogP contribution is 2.29. The van der Waals surface area contributed by atoms with E-state index in [0.29, 0.717) is 23.4 Å². The Labute approximate surface area is 115 Å². The molecule has 2 rings (SSSR count). The minimum atomic E-state index is 0.0543. The van der Waals surface area contributed by atoms with E-state index in [1.807, 2.05) is 19.9 Å². The SMILES string of the molecule is CC(C)Oc1nc(OC2CCCCC2C)ccc1N. The molecular weight excluding hydrogens is 240 g/mol. The summed E-state index contributed by atoms with van der Waals surface area (Å²) in [6.45, 7) is 6.16. The molecule has 2 atom stereocenters. The van der Waals surface area contributed by atoms with Gasteiger partial charge in [0.05, 0.1) is 11.8 Å². The minimum absolute atomic E-state index is 0.0543. The molecule has 1 aliphatic rings. The molecule has 0 amide bonds. The summed E-state index contributed by atoms with van der Waals surface area (Å²) in [4.78, 5) is 4.37. The number of hydrogen-bond donors (Lipinski definition) is 1. The summed E-state index contributed by atoms with van der Waals surface area (Å²) >= 11 is 0. The molecule has 1 saturated carbocycles. The van der Waals surface area contributed by atoms with E-state index in [1.165, 1.54) is 19.3 Å². The molecule has 4 nitrogen and oxygen atoms in total. The molecule has 1 aromatic heterocycles. The summed E-state index contributed by atoms with van der Waals surface area (Å²) in [5.41, 5.74) is 6.41. The number of nitrogens with two attached hydrogens (primary N) is 1. The fourth-order valence-electron chi connectivity index (χ4n) is 2.43. The van der Waals surface area contributed by atoms with Gasteiger partial charge >= 0.3 is 0 Å². The standard InChI is InChI=1S/C15H24N2O2/c1-10(2)18-15-12(16)8-9-14(17-15)19-13-7-5-4-6-11(13)3/h8-11,13H,4-7,16H2,1-3H3. The topological polar surface area (TPSA) is 57.4 Å². The lowest BCUT2D eigenvalue weighted by Crippen LogP contribution is -2.28. The Morgan fingerprint density at radius 3 is 2.68 bits per heavy atom. The highest BCUT2D eigenvalue weighted by atomic mass is 16.5. The summed E-state index contributed by atoms with van der Waals surface area (Å²) in [5, 5.41) is 0. The predicted octanol–water partition coefficient (Wildman–Crippen LogP) is 3.41. The van der Waals surface area contributed by atoms with Crippen molar-refractivity contribution in [3.05, 3.63) is 12.1 Å². The van der Waals surface area contributed by atoms with E-state index in [-0.39, 0.29) is 12.2 Å². The van der Waals surface area contributed by atoms with Crippen LogP contribution in [0.5, 0.6) is 11.8 Å². The van der Waals surface area contributed by atoms with Crippen LogP contribution >= 0.6 is 0 Å². The van der Waals surface area contributed by atoms with Gasteiger partial charge in [-0.1, -0.05) is 13.3 Å². The Kier molecular flexibility index (Phi) is 4.51.